The number of nitrogens with one attached hydrogen (secondary N) is 1. The normalized spacial score (nSPS) is 12.6. The first kappa shape index (κ1) is 22.3. The van der Waals surface area contributed by atoms with Gasteiger partial charge >= 0.3 is 6.18 Å². The van der Waals surface area contributed by atoms with Gasteiger partial charge in [0.2, 0.25) is 5.88 Å². The van der Waals surface area contributed by atoms with E-state index in [0.29, 0.717) is 22.6 Å². The molecule has 166 valence electrons. The Kier molecular flexibility index (Phi) is 6.29. The quantitative estimate of drug-likeness (QED) is 0.546. The molecule has 1 atom stereocenters. The lowest BCUT2D eigenvalue weighted by Crippen LogP contribution is -2.41. The highest BCUT2D eigenvalue weighted by Gasteiger charge is 2.38. The third-order valence-corrected chi connectivity index (χ3v) is 4.39. The molecule has 0 aliphatic rings. The van der Waals surface area contributed by atoms with Crippen LogP contribution in [0.4, 0.5) is 17.6 Å². The van der Waals surface area contributed by atoms with Crippen LogP contribution < -0.4 is 10.1 Å². The van der Waals surface area contributed by atoms with Crippen molar-refractivity contribution >= 4 is 5.91 Å². The minimum absolute atomic E-state index is 0.0348. The number of hydrogen-bond acceptors (Lipinski definition) is 6. The second-order valence-electron chi connectivity index (χ2n) is 6.62. The molecule has 0 bridgehead atoms. The zero-order chi connectivity index (χ0) is 22.8. The highest BCUT2D eigenvalue weighted by atomic mass is 19.4. The summed E-state index contributed by atoms with van der Waals surface area (Å²) in [5, 5.41) is 18.9. The van der Waals surface area contributed by atoms with Crippen LogP contribution in [0.3, 0.4) is 0 Å². The van der Waals surface area contributed by atoms with Gasteiger partial charge in [-0.15, -0.1) is 5.10 Å². The van der Waals surface area contributed by atoms with Crippen molar-refractivity contribution in [1.29, 1.82) is 0 Å². The van der Waals surface area contributed by atoms with Crippen LogP contribution in [0.15, 0.2) is 34.9 Å². The molecule has 2 aromatic heterocycles. The molecule has 0 unspecified atom stereocenters. The van der Waals surface area contributed by atoms with Crippen LogP contribution in [0, 0.1) is 12.7 Å². The van der Waals surface area contributed by atoms with Gasteiger partial charge in [0.25, 0.3) is 5.91 Å². The number of alkyl halides is 3. The molecular formula is C19H18F4N4O4. The number of rotatable bonds is 7. The van der Waals surface area contributed by atoms with E-state index in [0.717, 1.165) is 4.68 Å². The van der Waals surface area contributed by atoms with Gasteiger partial charge in [0, 0.05) is 18.7 Å². The zero-order valence-electron chi connectivity index (χ0n) is 16.4. The van der Waals surface area contributed by atoms with E-state index in [2.05, 4.69) is 10.3 Å². The molecule has 3 aromatic rings. The molecule has 0 aliphatic heterocycles. The zero-order valence-corrected chi connectivity index (χ0v) is 16.4. The molecule has 0 spiro atoms. The summed E-state index contributed by atoms with van der Waals surface area (Å²) in [5.41, 5.74) is 1.58. The number of aryl methyl sites for hydroxylation is 2. The fourth-order valence-corrected chi connectivity index (χ4v) is 2.66. The molecule has 3 rings (SSSR count). The van der Waals surface area contributed by atoms with Crippen LogP contribution in [0.25, 0.3) is 11.3 Å². The molecule has 2 N–H and O–H groups in total. The number of aromatic nitrogens is 3. The molecule has 12 heteroatoms. The summed E-state index contributed by atoms with van der Waals surface area (Å²) in [6.07, 6.45) is -7.52. The maximum atomic E-state index is 13.2. The molecule has 1 amide bonds. The number of ether oxygens (including phenoxy) is 1. The topological polar surface area (TPSA) is 102 Å². The van der Waals surface area contributed by atoms with Crippen LogP contribution in [0.1, 0.15) is 21.8 Å². The van der Waals surface area contributed by atoms with Crippen molar-refractivity contribution in [1.82, 2.24) is 20.3 Å². The summed E-state index contributed by atoms with van der Waals surface area (Å²) in [6, 6.07) is 6.88. The van der Waals surface area contributed by atoms with Crippen molar-refractivity contribution in [3.05, 3.63) is 53.2 Å². The van der Waals surface area contributed by atoms with Gasteiger partial charge in [0.1, 0.15) is 29.6 Å². The number of carbonyl (C=O) groups excluding carboxylic acids is 1. The third kappa shape index (κ3) is 5.20. The first-order chi connectivity index (χ1) is 14.6. The summed E-state index contributed by atoms with van der Waals surface area (Å²) in [6.45, 7) is 0.638. The largest absolute Gasteiger partial charge is 0.471 e. The van der Waals surface area contributed by atoms with E-state index < -0.39 is 30.5 Å². The summed E-state index contributed by atoms with van der Waals surface area (Å²) in [7, 11) is 1.41. The number of halogens is 4. The fourth-order valence-electron chi connectivity index (χ4n) is 2.66. The maximum absolute atomic E-state index is 13.2. The van der Waals surface area contributed by atoms with E-state index in [9.17, 15) is 22.4 Å². The van der Waals surface area contributed by atoms with Crippen molar-refractivity contribution in [2.45, 2.75) is 25.8 Å². The molecule has 0 radical (unpaired) electrons. The van der Waals surface area contributed by atoms with Crippen molar-refractivity contribution in [3.63, 3.8) is 0 Å². The average molecular weight is 442 g/mol. The summed E-state index contributed by atoms with van der Waals surface area (Å²) in [5.74, 6) is -0.755. The molecule has 1 aromatic carbocycles. The summed E-state index contributed by atoms with van der Waals surface area (Å²) < 4.78 is 62.1. The molecular weight excluding hydrogens is 424 g/mol. The predicted molar refractivity (Wildman–Crippen MR) is 98.6 cm³/mol. The summed E-state index contributed by atoms with van der Waals surface area (Å²) >= 11 is 0. The smallest absolute Gasteiger partial charge is 0.416 e. The van der Waals surface area contributed by atoms with Gasteiger partial charge < -0.3 is 19.7 Å². The molecule has 2 heterocycles. The fraction of sp³-hybridized carbons (Fsp3) is 0.316. The number of aliphatic hydroxyl groups is 1. The van der Waals surface area contributed by atoms with Gasteiger partial charge in [-0.3, -0.25) is 9.48 Å². The van der Waals surface area contributed by atoms with E-state index in [4.69, 9.17) is 14.4 Å². The predicted octanol–water partition coefficient (Wildman–Crippen LogP) is 2.75. The van der Waals surface area contributed by atoms with Crippen molar-refractivity contribution in [3.8, 4) is 17.1 Å². The van der Waals surface area contributed by atoms with Crippen LogP contribution in [0.5, 0.6) is 5.88 Å². The van der Waals surface area contributed by atoms with Gasteiger partial charge in [0.05, 0.1) is 12.1 Å². The van der Waals surface area contributed by atoms with Gasteiger partial charge in [-0.25, -0.2) is 4.39 Å². The Labute approximate surface area is 173 Å². The first-order valence-electron chi connectivity index (χ1n) is 8.97. The van der Waals surface area contributed by atoms with E-state index in [1.165, 1.54) is 37.4 Å². The van der Waals surface area contributed by atoms with Gasteiger partial charge in [0.15, 0.2) is 6.10 Å². The van der Waals surface area contributed by atoms with E-state index in [1.54, 1.807) is 6.92 Å². The molecule has 31 heavy (non-hydrogen) atoms. The Bertz CT molecular complexity index is 1060. The standard InChI is InChI=1S/C19H18F4N4O4/c1-10-13(17(26-31-10)11-3-5-12(20)6-4-11)9-30-16-7-14(27(2)25-16)18(29)24-8-15(28)19(21,22)23/h3-7,15,28H,8-9H2,1-2H3,(H,24,29)/t15-/m1/s1. The highest BCUT2D eigenvalue weighted by molar-refractivity contribution is 5.92. The number of benzene rings is 1. The highest BCUT2D eigenvalue weighted by Crippen LogP contribution is 2.27. The lowest BCUT2D eigenvalue weighted by atomic mass is 10.1. The van der Waals surface area contributed by atoms with Crippen molar-refractivity contribution < 1.29 is 36.7 Å². The summed E-state index contributed by atoms with van der Waals surface area (Å²) in [4.78, 5) is 12.1. The molecule has 0 saturated carbocycles. The number of aliphatic hydroxyl groups excluding tert-OH is 1. The number of amides is 1. The molecule has 8 nitrogen and oxygen atoms in total. The van der Waals surface area contributed by atoms with Gasteiger partial charge in [-0.1, -0.05) is 5.16 Å². The third-order valence-electron chi connectivity index (χ3n) is 4.39. The van der Waals surface area contributed by atoms with Crippen LogP contribution in [-0.4, -0.2) is 44.8 Å². The monoisotopic (exact) mass is 442 g/mol. The maximum Gasteiger partial charge on any atom is 0.416 e. The molecule has 0 saturated heterocycles. The second kappa shape index (κ2) is 8.76. The lowest BCUT2D eigenvalue weighted by Gasteiger charge is -2.14. The number of carbonyl (C=O) groups is 1. The number of nitrogens with zero attached hydrogens (tertiary/aromatic N) is 3. The minimum Gasteiger partial charge on any atom is -0.471 e. The minimum atomic E-state index is -4.84. The Morgan fingerprint density at radius 1 is 1.32 bits per heavy atom. The first-order valence-corrected chi connectivity index (χ1v) is 8.97. The van der Waals surface area contributed by atoms with E-state index in [1.807, 2.05) is 5.32 Å². The van der Waals surface area contributed by atoms with Crippen LogP contribution >= 0.6 is 0 Å². The van der Waals surface area contributed by atoms with Gasteiger partial charge in [-0.05, 0) is 31.2 Å². The molecule has 0 aliphatic carbocycles. The van der Waals surface area contributed by atoms with Crippen molar-refractivity contribution in [2.24, 2.45) is 7.05 Å². The number of hydrogen-bond donors (Lipinski definition) is 2. The average Bonchev–Trinajstić information content (AvgIpc) is 3.26. The van der Waals surface area contributed by atoms with Crippen molar-refractivity contribution in [2.75, 3.05) is 6.54 Å². The Morgan fingerprint density at radius 3 is 2.65 bits per heavy atom. The van der Waals surface area contributed by atoms with Gasteiger partial charge in [-0.2, -0.15) is 13.2 Å². The Balaban J connectivity index is 1.68. The lowest BCUT2D eigenvalue weighted by molar-refractivity contribution is -0.201. The van der Waals surface area contributed by atoms with E-state index in [-0.39, 0.29) is 18.2 Å². The van der Waals surface area contributed by atoms with Crippen LogP contribution in [0.2, 0.25) is 0 Å². The molecule has 0 fully saturated rings. The van der Waals surface area contributed by atoms with E-state index >= 15 is 0 Å². The Morgan fingerprint density at radius 2 is 2.00 bits per heavy atom. The second-order valence-corrected chi connectivity index (χ2v) is 6.62. The SMILES string of the molecule is Cc1onc(-c2ccc(F)cc2)c1COc1cc(C(=O)NC[C@@H](O)C(F)(F)F)n(C)n1. The Hall–Kier alpha value is -3.41. The van der Waals surface area contributed by atoms with Crippen LogP contribution in [-0.2, 0) is 13.7 Å².